The van der Waals surface area contributed by atoms with Crippen LogP contribution in [0.3, 0.4) is 0 Å². The molecule has 12 heavy (non-hydrogen) atoms. The van der Waals surface area contributed by atoms with E-state index in [9.17, 15) is 0 Å². The Balaban J connectivity index is 2.79. The number of ether oxygens (including phenoxy) is 1. The van der Waals surface area contributed by atoms with Crippen LogP contribution in [-0.2, 0) is 4.74 Å². The van der Waals surface area contributed by atoms with Gasteiger partial charge >= 0.3 is 0 Å². The summed E-state index contributed by atoms with van der Waals surface area (Å²) in [5.74, 6) is 0.0454. The van der Waals surface area contributed by atoms with Gasteiger partial charge in [0, 0.05) is 0 Å². The first-order chi connectivity index (χ1) is 5.37. The zero-order valence-electron chi connectivity index (χ0n) is 6.35. The third kappa shape index (κ3) is 2.16. The zero-order valence-corrected chi connectivity index (χ0v) is 8.62. The van der Waals surface area contributed by atoms with Gasteiger partial charge in [0.2, 0.25) is 5.90 Å². The van der Waals surface area contributed by atoms with Crippen LogP contribution in [0, 0.1) is 0 Å². The molecule has 6 heteroatoms. The molecule has 0 saturated carbocycles. The Morgan fingerprint density at radius 2 is 2.25 bits per heavy atom. The summed E-state index contributed by atoms with van der Waals surface area (Å²) in [5, 5.41) is 8.89. The van der Waals surface area contributed by atoms with Crippen molar-refractivity contribution < 1.29 is 9.84 Å². The van der Waals surface area contributed by atoms with E-state index in [0.29, 0.717) is 0 Å². The van der Waals surface area contributed by atoms with E-state index in [1.54, 1.807) is 6.92 Å². The molecule has 1 N–H and O–H groups in total. The molecule has 0 aliphatic carbocycles. The first-order valence-electron chi connectivity index (χ1n) is 3.28. The highest BCUT2D eigenvalue weighted by Crippen LogP contribution is 2.33. The third-order valence-corrected chi connectivity index (χ3v) is 1.96. The van der Waals surface area contributed by atoms with E-state index in [2.05, 4.69) is 4.99 Å². The van der Waals surface area contributed by atoms with Crippen molar-refractivity contribution in [1.82, 2.24) is 0 Å². The van der Waals surface area contributed by atoms with Crippen LogP contribution in [0.2, 0.25) is 0 Å². The number of aliphatic imine (C=N–C) groups is 1. The summed E-state index contributed by atoms with van der Waals surface area (Å²) in [6, 6.07) is 0. The van der Waals surface area contributed by atoms with E-state index in [1.807, 2.05) is 0 Å². The third-order valence-electron chi connectivity index (χ3n) is 1.47. The van der Waals surface area contributed by atoms with Crippen LogP contribution >= 0.6 is 34.8 Å². The topological polar surface area (TPSA) is 41.8 Å². The molecule has 0 saturated heterocycles. The number of aliphatic hydroxyl groups excluding tert-OH is 1. The Morgan fingerprint density at radius 1 is 1.67 bits per heavy atom. The van der Waals surface area contributed by atoms with Crippen molar-refractivity contribution in [2.75, 3.05) is 13.2 Å². The number of hydrogen-bond acceptors (Lipinski definition) is 3. The summed E-state index contributed by atoms with van der Waals surface area (Å²) in [7, 11) is 0. The Morgan fingerprint density at radius 3 is 2.50 bits per heavy atom. The smallest absolute Gasteiger partial charge is 0.266 e. The molecule has 1 heterocycles. The van der Waals surface area contributed by atoms with Gasteiger partial charge in [0.05, 0.1) is 6.61 Å². The first kappa shape index (κ1) is 10.4. The summed E-state index contributed by atoms with van der Waals surface area (Å²) >= 11 is 16.6. The summed E-state index contributed by atoms with van der Waals surface area (Å²) in [6.45, 7) is 1.83. The normalized spacial score (nSPS) is 29.9. The fourth-order valence-electron chi connectivity index (χ4n) is 0.760. The highest BCUT2D eigenvalue weighted by atomic mass is 35.6. The van der Waals surface area contributed by atoms with Crippen LogP contribution in [0.4, 0.5) is 0 Å². The lowest BCUT2D eigenvalue weighted by Crippen LogP contribution is -2.28. The largest absolute Gasteiger partial charge is 0.475 e. The van der Waals surface area contributed by atoms with E-state index < -0.39 is 9.33 Å². The highest BCUT2D eigenvalue weighted by Gasteiger charge is 2.40. The van der Waals surface area contributed by atoms with Gasteiger partial charge in [-0.3, -0.25) is 0 Å². The number of nitrogens with zero attached hydrogens (tertiary/aromatic N) is 1. The van der Waals surface area contributed by atoms with Crippen molar-refractivity contribution in [2.24, 2.45) is 4.99 Å². The molecule has 0 aromatic carbocycles. The van der Waals surface area contributed by atoms with Gasteiger partial charge in [-0.2, -0.15) is 0 Å². The maximum atomic E-state index is 8.89. The molecule has 1 aliphatic rings. The van der Waals surface area contributed by atoms with Crippen LogP contribution in [0.5, 0.6) is 0 Å². The number of alkyl halides is 3. The Hall–Kier alpha value is 0.300. The molecule has 0 aromatic heterocycles. The van der Waals surface area contributed by atoms with Crippen molar-refractivity contribution in [3.8, 4) is 0 Å². The minimum Gasteiger partial charge on any atom is -0.475 e. The van der Waals surface area contributed by atoms with Gasteiger partial charge in [0.25, 0.3) is 3.79 Å². The second-order valence-corrected chi connectivity index (χ2v) is 5.14. The lowest BCUT2D eigenvalue weighted by Gasteiger charge is -2.12. The summed E-state index contributed by atoms with van der Waals surface area (Å²) in [5.41, 5.74) is -0.667. The van der Waals surface area contributed by atoms with E-state index in [1.165, 1.54) is 0 Å². The standard InChI is InChI=1S/C6H8Cl3NO2/c1-5(2-11)3-12-4(10-5)6(7,8)9/h11H,2-3H2,1H3/t5-/m0/s1. The molecule has 0 fully saturated rings. The zero-order chi connectivity index (χ0) is 9.41. The molecule has 0 amide bonds. The second kappa shape index (κ2) is 3.22. The molecule has 0 aromatic rings. The van der Waals surface area contributed by atoms with Crippen molar-refractivity contribution >= 4 is 40.7 Å². The average Bonchev–Trinajstić information content (AvgIpc) is 2.32. The number of aliphatic hydroxyl groups is 1. The molecular weight excluding hydrogens is 224 g/mol. The van der Waals surface area contributed by atoms with Crippen molar-refractivity contribution in [2.45, 2.75) is 16.3 Å². The van der Waals surface area contributed by atoms with Crippen molar-refractivity contribution in [3.05, 3.63) is 0 Å². The number of rotatable bonds is 1. The fraction of sp³-hybridized carbons (Fsp3) is 0.833. The fourth-order valence-corrected chi connectivity index (χ4v) is 1.05. The van der Waals surface area contributed by atoms with Crippen LogP contribution in [0.15, 0.2) is 4.99 Å². The lowest BCUT2D eigenvalue weighted by atomic mass is 10.1. The summed E-state index contributed by atoms with van der Waals surface area (Å²) < 4.78 is 3.39. The van der Waals surface area contributed by atoms with Crippen LogP contribution in [0.1, 0.15) is 6.92 Å². The van der Waals surface area contributed by atoms with E-state index in [0.717, 1.165) is 0 Å². The molecule has 0 unspecified atom stereocenters. The molecule has 1 aliphatic heterocycles. The monoisotopic (exact) mass is 231 g/mol. The van der Waals surface area contributed by atoms with Gasteiger partial charge in [-0.1, -0.05) is 34.8 Å². The number of hydrogen-bond donors (Lipinski definition) is 1. The average molecular weight is 232 g/mol. The van der Waals surface area contributed by atoms with E-state index in [4.69, 9.17) is 44.6 Å². The molecule has 1 rings (SSSR count). The lowest BCUT2D eigenvalue weighted by molar-refractivity contribution is 0.169. The maximum absolute atomic E-state index is 8.89. The Labute approximate surface area is 85.3 Å². The maximum Gasteiger partial charge on any atom is 0.266 e. The van der Waals surface area contributed by atoms with E-state index in [-0.39, 0.29) is 19.1 Å². The van der Waals surface area contributed by atoms with Gasteiger partial charge in [-0.15, -0.1) is 0 Å². The molecule has 0 radical (unpaired) electrons. The quantitative estimate of drug-likeness (QED) is 0.697. The van der Waals surface area contributed by atoms with Gasteiger partial charge in [0.1, 0.15) is 12.1 Å². The van der Waals surface area contributed by atoms with Crippen LogP contribution in [-0.4, -0.2) is 33.5 Å². The van der Waals surface area contributed by atoms with E-state index >= 15 is 0 Å². The predicted octanol–water partition coefficient (Wildman–Crippen LogP) is 1.54. The minimum atomic E-state index is -1.63. The second-order valence-electron chi connectivity index (χ2n) is 2.86. The SMILES string of the molecule is C[C@]1(CO)COC(C(Cl)(Cl)Cl)=N1. The molecule has 3 nitrogen and oxygen atoms in total. The summed E-state index contributed by atoms with van der Waals surface area (Å²) in [4.78, 5) is 3.96. The predicted molar refractivity (Wildman–Crippen MR) is 49.2 cm³/mol. The van der Waals surface area contributed by atoms with Crippen molar-refractivity contribution in [3.63, 3.8) is 0 Å². The van der Waals surface area contributed by atoms with Gasteiger partial charge in [-0.25, -0.2) is 4.99 Å². The molecule has 70 valence electrons. The van der Waals surface area contributed by atoms with Crippen molar-refractivity contribution in [1.29, 1.82) is 0 Å². The molecule has 0 bridgehead atoms. The molecule has 1 atom stereocenters. The Kier molecular flexibility index (Phi) is 2.78. The van der Waals surface area contributed by atoms with Gasteiger partial charge < -0.3 is 9.84 Å². The highest BCUT2D eigenvalue weighted by molar-refractivity contribution is 6.76. The van der Waals surface area contributed by atoms with Crippen LogP contribution in [0.25, 0.3) is 0 Å². The van der Waals surface area contributed by atoms with Gasteiger partial charge in [0.15, 0.2) is 0 Å². The first-order valence-corrected chi connectivity index (χ1v) is 4.41. The number of halogens is 3. The molecule has 0 spiro atoms. The molecular formula is C6H8Cl3NO2. The summed E-state index contributed by atoms with van der Waals surface area (Å²) in [6.07, 6.45) is 0. The van der Waals surface area contributed by atoms with Gasteiger partial charge in [-0.05, 0) is 6.92 Å². The van der Waals surface area contributed by atoms with Crippen LogP contribution < -0.4 is 0 Å². The Bertz CT molecular complexity index is 213. The minimum absolute atomic E-state index is 0.0454.